The lowest BCUT2D eigenvalue weighted by Crippen LogP contribution is -2.34. The van der Waals surface area contributed by atoms with E-state index in [2.05, 4.69) is 38.8 Å². The van der Waals surface area contributed by atoms with E-state index in [9.17, 15) is 0 Å². The molecule has 18 heavy (non-hydrogen) atoms. The highest BCUT2D eigenvalue weighted by molar-refractivity contribution is 5.60. The third-order valence-electron chi connectivity index (χ3n) is 3.67. The van der Waals surface area contributed by atoms with Crippen molar-refractivity contribution in [2.24, 2.45) is 11.7 Å². The van der Waals surface area contributed by atoms with Crippen LogP contribution in [0.15, 0.2) is 18.2 Å². The van der Waals surface area contributed by atoms with E-state index in [1.54, 1.807) is 7.11 Å². The number of hydrogen-bond donors (Lipinski definition) is 1. The van der Waals surface area contributed by atoms with Crippen molar-refractivity contribution in [3.63, 3.8) is 0 Å². The number of hydrogen-bond acceptors (Lipinski definition) is 3. The fourth-order valence-electron chi connectivity index (χ4n) is 2.14. The largest absolute Gasteiger partial charge is 0.496 e. The standard InChI is InChI=1S/C15H26N2O/c1-10(2)12(4)17(5)13-8-7-9-14(18-6)15(13)11(3)16/h7-12H,16H2,1-6H3/t11-,12?/m1/s1. The Balaban J connectivity index is 3.23. The normalized spacial score (nSPS) is 14.4. The van der Waals surface area contributed by atoms with Gasteiger partial charge in [0, 0.05) is 30.4 Å². The zero-order valence-electron chi connectivity index (χ0n) is 12.4. The number of nitrogens with zero attached hydrogens (tertiary/aromatic N) is 1. The summed E-state index contributed by atoms with van der Waals surface area (Å²) in [6.07, 6.45) is 0. The van der Waals surface area contributed by atoms with E-state index in [0.717, 1.165) is 17.0 Å². The summed E-state index contributed by atoms with van der Waals surface area (Å²) in [5.74, 6) is 1.45. The van der Waals surface area contributed by atoms with Crippen LogP contribution in [0.25, 0.3) is 0 Å². The molecule has 1 unspecified atom stereocenters. The summed E-state index contributed by atoms with van der Waals surface area (Å²) in [4.78, 5) is 2.28. The molecule has 0 amide bonds. The van der Waals surface area contributed by atoms with Gasteiger partial charge in [0.25, 0.3) is 0 Å². The molecule has 0 heterocycles. The highest BCUT2D eigenvalue weighted by Gasteiger charge is 2.20. The van der Waals surface area contributed by atoms with Crippen LogP contribution in [0, 0.1) is 5.92 Å². The molecule has 0 aromatic heterocycles. The van der Waals surface area contributed by atoms with Gasteiger partial charge < -0.3 is 15.4 Å². The van der Waals surface area contributed by atoms with Crippen molar-refractivity contribution in [1.29, 1.82) is 0 Å². The van der Waals surface area contributed by atoms with Crippen molar-refractivity contribution in [3.05, 3.63) is 23.8 Å². The molecule has 2 N–H and O–H groups in total. The Hall–Kier alpha value is -1.22. The van der Waals surface area contributed by atoms with Crippen LogP contribution in [0.2, 0.25) is 0 Å². The monoisotopic (exact) mass is 250 g/mol. The van der Waals surface area contributed by atoms with Crippen LogP contribution in [0.3, 0.4) is 0 Å². The van der Waals surface area contributed by atoms with Crippen molar-refractivity contribution in [3.8, 4) is 5.75 Å². The Morgan fingerprint density at radius 3 is 2.22 bits per heavy atom. The molecule has 0 fully saturated rings. The van der Waals surface area contributed by atoms with E-state index < -0.39 is 0 Å². The number of rotatable bonds is 5. The fraction of sp³-hybridized carbons (Fsp3) is 0.600. The van der Waals surface area contributed by atoms with Crippen molar-refractivity contribution in [2.45, 2.75) is 39.8 Å². The van der Waals surface area contributed by atoms with E-state index in [0.29, 0.717) is 12.0 Å². The first-order valence-electron chi connectivity index (χ1n) is 6.55. The number of methoxy groups -OCH3 is 1. The molecule has 1 rings (SSSR count). The Morgan fingerprint density at radius 1 is 1.17 bits per heavy atom. The van der Waals surface area contributed by atoms with E-state index in [-0.39, 0.29) is 6.04 Å². The van der Waals surface area contributed by atoms with Crippen molar-refractivity contribution >= 4 is 5.69 Å². The van der Waals surface area contributed by atoms with Gasteiger partial charge >= 0.3 is 0 Å². The van der Waals surface area contributed by atoms with Gasteiger partial charge in [0.1, 0.15) is 5.75 Å². The van der Waals surface area contributed by atoms with E-state index >= 15 is 0 Å². The molecule has 1 aromatic rings. The lowest BCUT2D eigenvalue weighted by Gasteiger charge is -2.33. The lowest BCUT2D eigenvalue weighted by atomic mass is 10.00. The van der Waals surface area contributed by atoms with Gasteiger partial charge in [0.05, 0.1) is 7.11 Å². The minimum absolute atomic E-state index is 0.0436. The van der Waals surface area contributed by atoms with Crippen LogP contribution >= 0.6 is 0 Å². The summed E-state index contributed by atoms with van der Waals surface area (Å²) in [6, 6.07) is 6.51. The molecular formula is C15H26N2O. The maximum Gasteiger partial charge on any atom is 0.125 e. The first kappa shape index (κ1) is 14.8. The third-order valence-corrected chi connectivity index (χ3v) is 3.67. The summed E-state index contributed by atoms with van der Waals surface area (Å²) in [7, 11) is 3.81. The van der Waals surface area contributed by atoms with Crippen LogP contribution in [0.1, 0.15) is 39.3 Å². The Labute approximate surface area is 111 Å². The molecule has 3 nitrogen and oxygen atoms in total. The molecule has 0 saturated carbocycles. The Morgan fingerprint density at radius 2 is 1.78 bits per heavy atom. The summed E-state index contributed by atoms with van der Waals surface area (Å²) in [6.45, 7) is 8.68. The highest BCUT2D eigenvalue weighted by atomic mass is 16.5. The van der Waals surface area contributed by atoms with Crippen LogP contribution in [0.5, 0.6) is 5.75 Å². The zero-order valence-corrected chi connectivity index (χ0v) is 12.4. The Kier molecular flexibility index (Phi) is 5.03. The van der Waals surface area contributed by atoms with Crippen molar-refractivity contribution < 1.29 is 4.74 Å². The fourth-order valence-corrected chi connectivity index (χ4v) is 2.14. The van der Waals surface area contributed by atoms with Gasteiger partial charge in [0.15, 0.2) is 0 Å². The SMILES string of the molecule is COc1cccc(N(C)C(C)C(C)C)c1[C@@H](C)N. The summed E-state index contributed by atoms with van der Waals surface area (Å²) in [5.41, 5.74) is 8.33. The minimum atomic E-state index is -0.0436. The van der Waals surface area contributed by atoms with Crippen LogP contribution in [0.4, 0.5) is 5.69 Å². The van der Waals surface area contributed by atoms with Gasteiger partial charge in [-0.3, -0.25) is 0 Å². The summed E-state index contributed by atoms with van der Waals surface area (Å²) < 4.78 is 5.43. The van der Waals surface area contributed by atoms with Crippen molar-refractivity contribution in [2.75, 3.05) is 19.1 Å². The zero-order chi connectivity index (χ0) is 13.9. The Bertz CT molecular complexity index is 388. The third kappa shape index (κ3) is 2.96. The first-order chi connectivity index (χ1) is 8.40. The molecule has 0 aliphatic carbocycles. The highest BCUT2D eigenvalue weighted by Crippen LogP contribution is 2.34. The number of ether oxygens (including phenoxy) is 1. The van der Waals surface area contributed by atoms with E-state index in [4.69, 9.17) is 10.5 Å². The van der Waals surface area contributed by atoms with Crippen LogP contribution < -0.4 is 15.4 Å². The van der Waals surface area contributed by atoms with Crippen LogP contribution in [-0.2, 0) is 0 Å². The van der Waals surface area contributed by atoms with E-state index in [1.807, 2.05) is 19.1 Å². The predicted octanol–water partition coefficient (Wildman–Crippen LogP) is 3.20. The van der Waals surface area contributed by atoms with Crippen LogP contribution in [-0.4, -0.2) is 20.2 Å². The number of anilines is 1. The molecule has 0 radical (unpaired) electrons. The second kappa shape index (κ2) is 6.10. The molecule has 0 bridgehead atoms. The van der Waals surface area contributed by atoms with E-state index in [1.165, 1.54) is 0 Å². The number of benzene rings is 1. The molecular weight excluding hydrogens is 224 g/mol. The quantitative estimate of drug-likeness (QED) is 0.872. The average molecular weight is 250 g/mol. The van der Waals surface area contributed by atoms with Gasteiger partial charge in [-0.05, 0) is 31.9 Å². The second-order valence-electron chi connectivity index (χ2n) is 5.28. The van der Waals surface area contributed by atoms with Gasteiger partial charge in [-0.25, -0.2) is 0 Å². The molecule has 0 saturated heterocycles. The second-order valence-corrected chi connectivity index (χ2v) is 5.28. The first-order valence-corrected chi connectivity index (χ1v) is 6.55. The smallest absolute Gasteiger partial charge is 0.125 e. The maximum atomic E-state index is 6.10. The molecule has 3 heteroatoms. The topological polar surface area (TPSA) is 38.5 Å². The maximum absolute atomic E-state index is 6.10. The van der Waals surface area contributed by atoms with Gasteiger partial charge in [-0.1, -0.05) is 19.9 Å². The van der Waals surface area contributed by atoms with Crippen molar-refractivity contribution in [1.82, 2.24) is 0 Å². The van der Waals surface area contributed by atoms with Gasteiger partial charge in [0.2, 0.25) is 0 Å². The molecule has 1 aromatic carbocycles. The summed E-state index contributed by atoms with van der Waals surface area (Å²) in [5, 5.41) is 0. The molecule has 102 valence electrons. The van der Waals surface area contributed by atoms with Gasteiger partial charge in [-0.2, -0.15) is 0 Å². The lowest BCUT2D eigenvalue weighted by molar-refractivity contribution is 0.406. The predicted molar refractivity (Wildman–Crippen MR) is 78.3 cm³/mol. The average Bonchev–Trinajstić information content (AvgIpc) is 2.35. The van der Waals surface area contributed by atoms with Gasteiger partial charge in [-0.15, -0.1) is 0 Å². The molecule has 2 atom stereocenters. The summed E-state index contributed by atoms with van der Waals surface area (Å²) >= 11 is 0. The minimum Gasteiger partial charge on any atom is -0.496 e. The molecule has 0 spiro atoms. The molecule has 0 aliphatic rings. The molecule has 0 aliphatic heterocycles. The number of nitrogens with two attached hydrogens (primary N) is 1.